The van der Waals surface area contributed by atoms with E-state index in [4.69, 9.17) is 9.84 Å². The molecule has 0 saturated heterocycles. The Kier molecular flexibility index (Phi) is 6.91. The monoisotopic (exact) mass is 307 g/mol. The van der Waals surface area contributed by atoms with E-state index in [9.17, 15) is 13.2 Å². The number of carbonyl (C=O) groups is 1. The van der Waals surface area contributed by atoms with Gasteiger partial charge < -0.3 is 9.84 Å². The molecule has 1 aliphatic rings. The van der Waals surface area contributed by atoms with Gasteiger partial charge in [-0.3, -0.25) is 4.79 Å². The van der Waals surface area contributed by atoms with E-state index < -0.39 is 21.9 Å². The van der Waals surface area contributed by atoms with E-state index in [2.05, 4.69) is 4.72 Å². The SMILES string of the molecule is CC(C)OCCS(=O)(=O)NCC1CCCCC1C(=O)O. The Morgan fingerprint density at radius 3 is 2.60 bits per heavy atom. The lowest BCUT2D eigenvalue weighted by Crippen LogP contribution is -2.38. The molecule has 7 heteroatoms. The topological polar surface area (TPSA) is 92.7 Å². The number of ether oxygens (including phenoxy) is 1. The van der Waals surface area contributed by atoms with E-state index in [0.29, 0.717) is 6.42 Å². The summed E-state index contributed by atoms with van der Waals surface area (Å²) in [6, 6.07) is 0. The van der Waals surface area contributed by atoms with Crippen LogP contribution in [0.25, 0.3) is 0 Å². The molecule has 1 fully saturated rings. The average Bonchev–Trinajstić information content (AvgIpc) is 2.36. The highest BCUT2D eigenvalue weighted by molar-refractivity contribution is 7.89. The Labute approximate surface area is 120 Å². The molecule has 0 bridgehead atoms. The quantitative estimate of drug-likeness (QED) is 0.703. The Balaban J connectivity index is 2.41. The van der Waals surface area contributed by atoms with E-state index >= 15 is 0 Å². The fourth-order valence-corrected chi connectivity index (χ4v) is 3.40. The molecule has 1 aliphatic carbocycles. The number of carboxylic acids is 1. The van der Waals surface area contributed by atoms with Crippen LogP contribution in [0.15, 0.2) is 0 Å². The van der Waals surface area contributed by atoms with Crippen LogP contribution in [0.4, 0.5) is 0 Å². The summed E-state index contributed by atoms with van der Waals surface area (Å²) in [5, 5.41) is 9.14. The standard InChI is InChI=1S/C13H25NO5S/c1-10(2)19-7-8-20(17,18)14-9-11-5-3-4-6-12(11)13(15)16/h10-12,14H,3-9H2,1-2H3,(H,15,16). The van der Waals surface area contributed by atoms with Gasteiger partial charge in [-0.1, -0.05) is 12.8 Å². The molecule has 2 N–H and O–H groups in total. The van der Waals surface area contributed by atoms with Gasteiger partial charge in [0.15, 0.2) is 0 Å². The van der Waals surface area contributed by atoms with Crippen molar-refractivity contribution >= 4 is 16.0 Å². The average molecular weight is 307 g/mol. The summed E-state index contributed by atoms with van der Waals surface area (Å²) in [5.74, 6) is -1.45. The van der Waals surface area contributed by atoms with E-state index in [1.165, 1.54) is 0 Å². The lowest BCUT2D eigenvalue weighted by molar-refractivity contribution is -0.144. The predicted molar refractivity (Wildman–Crippen MR) is 76.0 cm³/mol. The van der Waals surface area contributed by atoms with Gasteiger partial charge in [-0.25, -0.2) is 13.1 Å². The zero-order valence-corrected chi connectivity index (χ0v) is 13.0. The number of nitrogens with one attached hydrogen (secondary N) is 1. The van der Waals surface area contributed by atoms with Gasteiger partial charge in [-0.15, -0.1) is 0 Å². The van der Waals surface area contributed by atoms with Crippen LogP contribution in [-0.2, 0) is 19.6 Å². The second-order valence-electron chi connectivity index (χ2n) is 5.58. The van der Waals surface area contributed by atoms with Crippen molar-refractivity contribution in [3.8, 4) is 0 Å². The third-order valence-electron chi connectivity index (χ3n) is 3.59. The molecule has 0 spiro atoms. The minimum Gasteiger partial charge on any atom is -0.481 e. The van der Waals surface area contributed by atoms with Crippen LogP contribution >= 0.6 is 0 Å². The first-order valence-corrected chi connectivity index (χ1v) is 8.79. The van der Waals surface area contributed by atoms with Crippen molar-refractivity contribution in [2.45, 2.75) is 45.6 Å². The van der Waals surface area contributed by atoms with Crippen LogP contribution in [0.3, 0.4) is 0 Å². The molecular weight excluding hydrogens is 282 g/mol. The third-order valence-corrected chi connectivity index (χ3v) is 4.91. The largest absolute Gasteiger partial charge is 0.481 e. The first kappa shape index (κ1) is 17.4. The predicted octanol–water partition coefficient (Wildman–Crippen LogP) is 1.22. The fourth-order valence-electron chi connectivity index (χ4n) is 2.48. The summed E-state index contributed by atoms with van der Waals surface area (Å²) in [7, 11) is -3.39. The van der Waals surface area contributed by atoms with E-state index in [0.717, 1.165) is 19.3 Å². The lowest BCUT2D eigenvalue weighted by atomic mass is 9.79. The molecular formula is C13H25NO5S. The van der Waals surface area contributed by atoms with Crippen molar-refractivity contribution in [2.24, 2.45) is 11.8 Å². The Bertz CT molecular complexity index is 407. The zero-order chi connectivity index (χ0) is 15.2. The normalized spacial score (nSPS) is 23.9. The van der Waals surface area contributed by atoms with Gasteiger partial charge >= 0.3 is 5.97 Å². The van der Waals surface area contributed by atoms with Gasteiger partial charge in [-0.2, -0.15) is 0 Å². The highest BCUT2D eigenvalue weighted by Crippen LogP contribution is 2.29. The minimum absolute atomic E-state index is 0.0000599. The van der Waals surface area contributed by atoms with Gasteiger partial charge in [0.1, 0.15) is 0 Å². The van der Waals surface area contributed by atoms with Crippen LogP contribution in [0.1, 0.15) is 39.5 Å². The van der Waals surface area contributed by atoms with Gasteiger partial charge in [0, 0.05) is 6.54 Å². The van der Waals surface area contributed by atoms with Crippen molar-refractivity contribution in [1.82, 2.24) is 4.72 Å². The van der Waals surface area contributed by atoms with Crippen molar-refractivity contribution in [3.63, 3.8) is 0 Å². The van der Waals surface area contributed by atoms with E-state index in [1.807, 2.05) is 13.8 Å². The summed E-state index contributed by atoms with van der Waals surface area (Å²) < 4.78 is 31.3. The summed E-state index contributed by atoms with van der Waals surface area (Å²) in [5.41, 5.74) is 0. The van der Waals surface area contributed by atoms with E-state index in [-0.39, 0.29) is 30.9 Å². The minimum atomic E-state index is -3.39. The van der Waals surface area contributed by atoms with Crippen molar-refractivity contribution in [1.29, 1.82) is 0 Å². The van der Waals surface area contributed by atoms with Crippen LogP contribution in [0.2, 0.25) is 0 Å². The highest BCUT2D eigenvalue weighted by Gasteiger charge is 2.31. The Morgan fingerprint density at radius 1 is 1.35 bits per heavy atom. The summed E-state index contributed by atoms with van der Waals surface area (Å²) in [6.45, 7) is 4.06. The highest BCUT2D eigenvalue weighted by atomic mass is 32.2. The number of rotatable bonds is 8. The van der Waals surface area contributed by atoms with Gasteiger partial charge in [0.25, 0.3) is 0 Å². The summed E-state index contributed by atoms with van der Waals surface area (Å²) in [4.78, 5) is 11.1. The molecule has 0 aromatic heterocycles. The van der Waals surface area contributed by atoms with Crippen molar-refractivity contribution in [3.05, 3.63) is 0 Å². The summed E-state index contributed by atoms with van der Waals surface area (Å²) in [6.07, 6.45) is 3.27. The molecule has 6 nitrogen and oxygen atoms in total. The maximum Gasteiger partial charge on any atom is 0.306 e. The Hall–Kier alpha value is -0.660. The number of hydrogen-bond donors (Lipinski definition) is 2. The number of sulfonamides is 1. The third kappa shape index (κ3) is 6.19. The van der Waals surface area contributed by atoms with Gasteiger partial charge in [-0.05, 0) is 32.6 Å². The second-order valence-corrected chi connectivity index (χ2v) is 7.50. The molecule has 0 aromatic carbocycles. The first-order valence-electron chi connectivity index (χ1n) is 7.13. The maximum absolute atomic E-state index is 11.8. The van der Waals surface area contributed by atoms with Crippen LogP contribution in [0, 0.1) is 11.8 Å². The maximum atomic E-state index is 11.8. The molecule has 0 amide bonds. The van der Waals surface area contributed by atoms with Crippen LogP contribution in [-0.4, -0.2) is 44.5 Å². The summed E-state index contributed by atoms with van der Waals surface area (Å²) >= 11 is 0. The molecule has 0 heterocycles. The molecule has 2 atom stereocenters. The fraction of sp³-hybridized carbons (Fsp3) is 0.923. The molecule has 1 saturated carbocycles. The molecule has 0 aromatic rings. The van der Waals surface area contributed by atoms with Crippen LogP contribution in [0.5, 0.6) is 0 Å². The van der Waals surface area contributed by atoms with Gasteiger partial charge in [0.2, 0.25) is 10.0 Å². The zero-order valence-electron chi connectivity index (χ0n) is 12.2. The number of aliphatic carboxylic acids is 1. The number of carboxylic acid groups (broad SMARTS) is 1. The van der Waals surface area contributed by atoms with Gasteiger partial charge in [0.05, 0.1) is 24.4 Å². The van der Waals surface area contributed by atoms with E-state index in [1.54, 1.807) is 0 Å². The molecule has 2 unspecified atom stereocenters. The van der Waals surface area contributed by atoms with Crippen LogP contribution < -0.4 is 4.72 Å². The first-order chi connectivity index (χ1) is 9.32. The number of hydrogen-bond acceptors (Lipinski definition) is 4. The van der Waals surface area contributed by atoms with Crippen molar-refractivity contribution < 1.29 is 23.1 Å². The molecule has 1 rings (SSSR count). The molecule has 0 radical (unpaired) electrons. The Morgan fingerprint density at radius 2 is 2.00 bits per heavy atom. The smallest absolute Gasteiger partial charge is 0.306 e. The lowest BCUT2D eigenvalue weighted by Gasteiger charge is -2.28. The molecule has 118 valence electrons. The second kappa shape index (κ2) is 7.95. The van der Waals surface area contributed by atoms with Crippen molar-refractivity contribution in [2.75, 3.05) is 18.9 Å². The molecule has 0 aliphatic heterocycles. The molecule has 20 heavy (non-hydrogen) atoms.